The molecule has 0 saturated carbocycles. The number of aromatic nitrogens is 3. The lowest BCUT2D eigenvalue weighted by Gasteiger charge is -2.21. The van der Waals surface area contributed by atoms with Gasteiger partial charge in [-0.2, -0.15) is 5.10 Å². The van der Waals surface area contributed by atoms with Crippen molar-refractivity contribution in [1.29, 1.82) is 0 Å². The fourth-order valence-electron chi connectivity index (χ4n) is 3.76. The zero-order chi connectivity index (χ0) is 23.5. The van der Waals surface area contributed by atoms with E-state index in [-0.39, 0.29) is 17.8 Å². The number of hydrogen-bond acceptors (Lipinski definition) is 6. The summed E-state index contributed by atoms with van der Waals surface area (Å²) in [5, 5.41) is 11.2. The molecule has 1 aliphatic heterocycles. The van der Waals surface area contributed by atoms with Gasteiger partial charge in [-0.05, 0) is 49.0 Å². The van der Waals surface area contributed by atoms with Crippen LogP contribution in [0.15, 0.2) is 48.9 Å². The zero-order valence-corrected chi connectivity index (χ0v) is 19.8. The number of benzene rings is 1. The van der Waals surface area contributed by atoms with Gasteiger partial charge in [0, 0.05) is 75.2 Å². The molecule has 3 heterocycles. The molecular weight excluding hydrogens is 436 g/mol. The van der Waals surface area contributed by atoms with Crippen molar-refractivity contribution in [2.45, 2.75) is 12.5 Å². The van der Waals surface area contributed by atoms with E-state index in [9.17, 15) is 4.79 Å². The van der Waals surface area contributed by atoms with E-state index < -0.39 is 0 Å². The third kappa shape index (κ3) is 5.23. The number of nitrogens with two attached hydrogens (primary N) is 1. The first-order chi connectivity index (χ1) is 15.8. The van der Waals surface area contributed by atoms with Crippen LogP contribution in [0.4, 0.5) is 17.2 Å². The Balaban J connectivity index is 1.36. The summed E-state index contributed by atoms with van der Waals surface area (Å²) in [6.45, 7) is 1.39. The maximum Gasteiger partial charge on any atom is 0.255 e. The van der Waals surface area contributed by atoms with Crippen molar-refractivity contribution in [2.75, 3.05) is 43.1 Å². The number of hydrogen-bond donors (Lipinski definition) is 3. The van der Waals surface area contributed by atoms with Crippen molar-refractivity contribution in [3.05, 3.63) is 54.5 Å². The number of nitrogens with zero attached hydrogens (tertiary/aromatic N) is 5. The Bertz CT molecular complexity index is 1160. The predicted octanol–water partition coefficient (Wildman–Crippen LogP) is 2.33. The Hall–Kier alpha value is -3.66. The van der Waals surface area contributed by atoms with Crippen molar-refractivity contribution in [2.24, 2.45) is 7.05 Å². The van der Waals surface area contributed by atoms with Gasteiger partial charge in [-0.1, -0.05) is 0 Å². The highest BCUT2D eigenvalue weighted by Gasteiger charge is 2.27. The third-order valence-corrected chi connectivity index (χ3v) is 6.01. The molecule has 1 atom stereocenters. The van der Waals surface area contributed by atoms with E-state index in [0.717, 1.165) is 35.5 Å². The molecule has 3 aromatic rings. The van der Waals surface area contributed by atoms with Crippen molar-refractivity contribution in [3.63, 3.8) is 0 Å². The van der Waals surface area contributed by atoms with Crippen molar-refractivity contribution < 1.29 is 4.79 Å². The Morgan fingerprint density at radius 3 is 2.64 bits per heavy atom. The van der Waals surface area contributed by atoms with Gasteiger partial charge in [0.1, 0.15) is 5.82 Å². The van der Waals surface area contributed by atoms with Crippen LogP contribution in [-0.2, 0) is 7.05 Å². The van der Waals surface area contributed by atoms with E-state index in [2.05, 4.69) is 25.6 Å². The van der Waals surface area contributed by atoms with Gasteiger partial charge in [0.05, 0.1) is 11.8 Å². The first-order valence-electron chi connectivity index (χ1n) is 10.7. The number of pyridine rings is 1. The number of rotatable bonds is 5. The average Bonchev–Trinajstić information content (AvgIpc) is 3.43. The van der Waals surface area contributed by atoms with Gasteiger partial charge >= 0.3 is 0 Å². The standard InChI is InChI=1S/C23H28N8OS/c1-29(2)19-6-4-17(5-7-19)28-23(33)31-9-8-18(14-31)27-22(32)20-10-15(11-25-21(20)24)16-12-26-30(3)13-16/h4-7,10-13,18H,8-9,14H2,1-3H3,(H2,24,25)(H,27,32)(H,28,33)/t18-/m1/s1. The summed E-state index contributed by atoms with van der Waals surface area (Å²) in [4.78, 5) is 21.3. The Labute approximate surface area is 198 Å². The van der Waals surface area contributed by atoms with E-state index in [4.69, 9.17) is 18.0 Å². The molecule has 4 N–H and O–H groups in total. The van der Waals surface area contributed by atoms with Gasteiger partial charge in [-0.15, -0.1) is 0 Å². The van der Waals surface area contributed by atoms with Crippen molar-refractivity contribution in [3.8, 4) is 11.1 Å². The summed E-state index contributed by atoms with van der Waals surface area (Å²) >= 11 is 5.59. The van der Waals surface area contributed by atoms with Crippen LogP contribution in [0.5, 0.6) is 0 Å². The molecule has 1 aromatic carbocycles. The van der Waals surface area contributed by atoms with E-state index in [1.54, 1.807) is 23.1 Å². The Morgan fingerprint density at radius 2 is 1.97 bits per heavy atom. The highest BCUT2D eigenvalue weighted by molar-refractivity contribution is 7.80. The van der Waals surface area contributed by atoms with Gasteiger partial charge in [0.2, 0.25) is 0 Å². The first-order valence-corrected chi connectivity index (χ1v) is 11.1. The van der Waals surface area contributed by atoms with Crippen LogP contribution in [0.2, 0.25) is 0 Å². The Kier molecular flexibility index (Phi) is 6.45. The van der Waals surface area contributed by atoms with Crippen LogP contribution in [0, 0.1) is 0 Å². The second-order valence-electron chi connectivity index (χ2n) is 8.34. The summed E-state index contributed by atoms with van der Waals surface area (Å²) in [6, 6.07) is 9.80. The number of carbonyl (C=O) groups excluding carboxylic acids is 1. The van der Waals surface area contributed by atoms with Crippen LogP contribution in [0.1, 0.15) is 16.8 Å². The topological polar surface area (TPSA) is 104 Å². The second-order valence-corrected chi connectivity index (χ2v) is 8.72. The monoisotopic (exact) mass is 464 g/mol. The largest absolute Gasteiger partial charge is 0.383 e. The van der Waals surface area contributed by atoms with Crippen molar-refractivity contribution >= 4 is 40.4 Å². The third-order valence-electron chi connectivity index (χ3n) is 5.65. The van der Waals surface area contributed by atoms with Gasteiger partial charge in [-0.25, -0.2) is 4.98 Å². The van der Waals surface area contributed by atoms with Crippen LogP contribution in [0.25, 0.3) is 11.1 Å². The number of anilines is 3. The molecule has 0 bridgehead atoms. The highest BCUT2D eigenvalue weighted by atomic mass is 32.1. The molecule has 1 amide bonds. The number of nitrogens with one attached hydrogen (secondary N) is 2. The normalized spacial score (nSPS) is 15.4. The molecule has 0 spiro atoms. The van der Waals surface area contributed by atoms with Crippen LogP contribution in [-0.4, -0.2) is 63.9 Å². The summed E-state index contributed by atoms with van der Waals surface area (Å²) in [6.07, 6.45) is 6.04. The molecular formula is C23H28N8OS. The van der Waals surface area contributed by atoms with E-state index in [1.165, 1.54) is 0 Å². The molecule has 1 aliphatic rings. The van der Waals surface area contributed by atoms with Crippen LogP contribution >= 0.6 is 12.2 Å². The summed E-state index contributed by atoms with van der Waals surface area (Å²) < 4.78 is 1.70. The highest BCUT2D eigenvalue weighted by Crippen LogP contribution is 2.22. The molecule has 10 heteroatoms. The Morgan fingerprint density at radius 1 is 1.21 bits per heavy atom. The zero-order valence-electron chi connectivity index (χ0n) is 18.9. The molecule has 0 aliphatic carbocycles. The number of carbonyl (C=O) groups is 1. The molecule has 2 aromatic heterocycles. The molecule has 172 valence electrons. The number of amides is 1. The SMILES string of the molecule is CN(C)c1ccc(NC(=S)N2CC[C@@H](NC(=O)c3cc(-c4cnn(C)c4)cnc3N)C2)cc1. The van der Waals surface area contributed by atoms with Gasteiger partial charge in [0.25, 0.3) is 5.91 Å². The number of nitrogen functional groups attached to an aromatic ring is 1. The number of likely N-dealkylation sites (tertiary alicyclic amines) is 1. The second kappa shape index (κ2) is 9.45. The lowest BCUT2D eigenvalue weighted by Crippen LogP contribution is -2.39. The minimum absolute atomic E-state index is 0.0326. The first kappa shape index (κ1) is 22.5. The summed E-state index contributed by atoms with van der Waals surface area (Å²) in [5.74, 6) is -0.0379. The van der Waals surface area contributed by atoms with Gasteiger partial charge in [-0.3, -0.25) is 9.48 Å². The van der Waals surface area contributed by atoms with E-state index in [1.807, 2.05) is 56.5 Å². The predicted molar refractivity (Wildman–Crippen MR) is 135 cm³/mol. The van der Waals surface area contributed by atoms with Gasteiger partial charge < -0.3 is 26.2 Å². The fraction of sp³-hybridized carbons (Fsp3) is 0.304. The van der Waals surface area contributed by atoms with E-state index in [0.29, 0.717) is 17.2 Å². The number of thiocarbonyl (C=S) groups is 1. The van der Waals surface area contributed by atoms with E-state index >= 15 is 0 Å². The maximum absolute atomic E-state index is 12.9. The average molecular weight is 465 g/mol. The van der Waals surface area contributed by atoms with Gasteiger partial charge in [0.15, 0.2) is 5.11 Å². The lowest BCUT2D eigenvalue weighted by atomic mass is 10.1. The smallest absolute Gasteiger partial charge is 0.255 e. The number of aryl methyl sites for hydroxylation is 1. The van der Waals surface area contributed by atoms with Crippen LogP contribution in [0.3, 0.4) is 0 Å². The molecule has 1 saturated heterocycles. The molecule has 0 unspecified atom stereocenters. The fourth-order valence-corrected chi connectivity index (χ4v) is 4.04. The molecule has 4 rings (SSSR count). The quantitative estimate of drug-likeness (QED) is 0.494. The molecule has 33 heavy (non-hydrogen) atoms. The molecule has 9 nitrogen and oxygen atoms in total. The maximum atomic E-state index is 12.9. The lowest BCUT2D eigenvalue weighted by molar-refractivity contribution is 0.0939. The summed E-state index contributed by atoms with van der Waals surface area (Å²) in [5.41, 5.74) is 10.1. The van der Waals surface area contributed by atoms with Crippen molar-refractivity contribution in [1.82, 2.24) is 25.0 Å². The molecule has 0 radical (unpaired) electrons. The van der Waals surface area contributed by atoms with Crippen LogP contribution < -0.4 is 21.3 Å². The minimum Gasteiger partial charge on any atom is -0.383 e. The minimum atomic E-state index is -0.240. The molecule has 1 fully saturated rings. The summed E-state index contributed by atoms with van der Waals surface area (Å²) in [7, 11) is 5.85.